The van der Waals surface area contributed by atoms with E-state index in [4.69, 9.17) is 4.74 Å². The second-order valence-electron chi connectivity index (χ2n) is 6.36. The number of rotatable bonds is 3. The van der Waals surface area contributed by atoms with Crippen molar-refractivity contribution in [1.29, 1.82) is 0 Å². The minimum Gasteiger partial charge on any atom is -0.467 e. The maximum atomic E-state index is 13.0. The van der Waals surface area contributed by atoms with E-state index in [1.54, 1.807) is 16.7 Å². The SMILES string of the molecule is COC(=O)C1CSC(c2ccc(C)cc2)N1C(=O)C1CCCC1. The van der Waals surface area contributed by atoms with Gasteiger partial charge in [-0.1, -0.05) is 42.7 Å². The molecule has 0 N–H and O–H groups in total. The van der Waals surface area contributed by atoms with Gasteiger partial charge in [0.1, 0.15) is 11.4 Å². The van der Waals surface area contributed by atoms with Crippen molar-refractivity contribution >= 4 is 23.6 Å². The van der Waals surface area contributed by atoms with E-state index in [9.17, 15) is 9.59 Å². The van der Waals surface area contributed by atoms with E-state index in [0.29, 0.717) is 5.75 Å². The highest BCUT2D eigenvalue weighted by molar-refractivity contribution is 7.99. The lowest BCUT2D eigenvalue weighted by atomic mass is 10.0. The molecule has 2 fully saturated rings. The van der Waals surface area contributed by atoms with Gasteiger partial charge in [0.05, 0.1) is 7.11 Å². The van der Waals surface area contributed by atoms with Crippen molar-refractivity contribution in [2.24, 2.45) is 5.92 Å². The number of hydrogen-bond donors (Lipinski definition) is 0. The smallest absolute Gasteiger partial charge is 0.329 e. The summed E-state index contributed by atoms with van der Waals surface area (Å²) in [5.74, 6) is 0.477. The molecule has 0 aromatic heterocycles. The third-order valence-electron chi connectivity index (χ3n) is 4.80. The van der Waals surface area contributed by atoms with E-state index >= 15 is 0 Å². The van der Waals surface area contributed by atoms with Gasteiger partial charge in [-0.15, -0.1) is 11.8 Å². The van der Waals surface area contributed by atoms with Gasteiger partial charge in [0, 0.05) is 11.7 Å². The van der Waals surface area contributed by atoms with Crippen LogP contribution in [0.3, 0.4) is 0 Å². The molecule has 1 saturated carbocycles. The van der Waals surface area contributed by atoms with Crippen molar-refractivity contribution in [2.45, 2.75) is 44.0 Å². The zero-order valence-corrected chi connectivity index (χ0v) is 14.5. The van der Waals surface area contributed by atoms with Gasteiger partial charge in [0.2, 0.25) is 5.91 Å². The first kappa shape index (κ1) is 16.4. The lowest BCUT2D eigenvalue weighted by molar-refractivity contribution is -0.153. The van der Waals surface area contributed by atoms with Crippen molar-refractivity contribution < 1.29 is 14.3 Å². The fourth-order valence-electron chi connectivity index (χ4n) is 3.46. The summed E-state index contributed by atoms with van der Waals surface area (Å²) in [5.41, 5.74) is 2.27. The van der Waals surface area contributed by atoms with Gasteiger partial charge in [0.25, 0.3) is 0 Å². The topological polar surface area (TPSA) is 46.6 Å². The lowest BCUT2D eigenvalue weighted by Gasteiger charge is -2.30. The Balaban J connectivity index is 1.89. The largest absolute Gasteiger partial charge is 0.467 e. The summed E-state index contributed by atoms with van der Waals surface area (Å²) in [6, 6.07) is 7.76. The Morgan fingerprint density at radius 1 is 1.17 bits per heavy atom. The molecule has 1 amide bonds. The van der Waals surface area contributed by atoms with Crippen LogP contribution in [0.2, 0.25) is 0 Å². The fraction of sp³-hybridized carbons (Fsp3) is 0.556. The van der Waals surface area contributed by atoms with Gasteiger partial charge in [-0.05, 0) is 25.3 Å². The Hall–Kier alpha value is -1.49. The predicted molar refractivity (Wildman–Crippen MR) is 91.0 cm³/mol. The molecular weight excluding hydrogens is 310 g/mol. The van der Waals surface area contributed by atoms with Crippen LogP contribution in [-0.4, -0.2) is 35.7 Å². The molecule has 4 nitrogen and oxygen atoms in total. The summed E-state index contributed by atoms with van der Waals surface area (Å²) in [6.07, 6.45) is 4.09. The molecule has 1 saturated heterocycles. The number of methoxy groups -OCH3 is 1. The Morgan fingerprint density at radius 2 is 1.83 bits per heavy atom. The molecule has 0 radical (unpaired) electrons. The van der Waals surface area contributed by atoms with Crippen LogP contribution in [0.25, 0.3) is 0 Å². The molecule has 3 rings (SSSR count). The number of thioether (sulfide) groups is 1. The molecule has 5 heteroatoms. The highest BCUT2D eigenvalue weighted by Gasteiger charge is 2.45. The molecule has 1 aromatic rings. The first-order valence-electron chi connectivity index (χ1n) is 8.20. The summed E-state index contributed by atoms with van der Waals surface area (Å²) < 4.78 is 4.93. The second-order valence-corrected chi connectivity index (χ2v) is 7.48. The molecule has 1 heterocycles. The summed E-state index contributed by atoms with van der Waals surface area (Å²) in [7, 11) is 1.39. The number of aryl methyl sites for hydroxylation is 1. The molecular formula is C18H23NO3S. The highest BCUT2D eigenvalue weighted by atomic mass is 32.2. The number of esters is 1. The number of carbonyl (C=O) groups is 2. The monoisotopic (exact) mass is 333 g/mol. The normalized spacial score (nSPS) is 24.9. The average Bonchev–Trinajstić information content (AvgIpc) is 3.24. The number of benzene rings is 1. The van der Waals surface area contributed by atoms with Gasteiger partial charge in [-0.25, -0.2) is 4.79 Å². The minimum absolute atomic E-state index is 0.0637. The van der Waals surface area contributed by atoms with Gasteiger partial charge in [-0.2, -0.15) is 0 Å². The van der Waals surface area contributed by atoms with E-state index < -0.39 is 6.04 Å². The fourth-order valence-corrected chi connectivity index (χ4v) is 4.89. The first-order valence-corrected chi connectivity index (χ1v) is 9.25. The number of ether oxygens (including phenoxy) is 1. The zero-order valence-electron chi connectivity index (χ0n) is 13.7. The van der Waals surface area contributed by atoms with Crippen molar-refractivity contribution in [3.8, 4) is 0 Å². The zero-order chi connectivity index (χ0) is 16.4. The third kappa shape index (κ3) is 3.25. The Kier molecular flexibility index (Phi) is 4.95. The number of nitrogens with zero attached hydrogens (tertiary/aromatic N) is 1. The van der Waals surface area contributed by atoms with Crippen molar-refractivity contribution in [3.63, 3.8) is 0 Å². The Bertz CT molecular complexity index is 580. The van der Waals surface area contributed by atoms with Crippen molar-refractivity contribution in [3.05, 3.63) is 35.4 Å². The van der Waals surface area contributed by atoms with Crippen LogP contribution in [0.1, 0.15) is 42.2 Å². The third-order valence-corrected chi connectivity index (χ3v) is 6.12. The molecule has 124 valence electrons. The van der Waals surface area contributed by atoms with Crippen LogP contribution in [0.15, 0.2) is 24.3 Å². The summed E-state index contributed by atoms with van der Waals surface area (Å²) >= 11 is 1.65. The van der Waals surface area contributed by atoms with E-state index in [1.165, 1.54) is 12.7 Å². The molecule has 1 aromatic carbocycles. The van der Waals surface area contributed by atoms with Crippen molar-refractivity contribution in [2.75, 3.05) is 12.9 Å². The Morgan fingerprint density at radius 3 is 2.43 bits per heavy atom. The van der Waals surface area contributed by atoms with E-state index in [0.717, 1.165) is 31.2 Å². The van der Waals surface area contributed by atoms with Gasteiger partial charge in [0.15, 0.2) is 0 Å². The number of amides is 1. The molecule has 23 heavy (non-hydrogen) atoms. The standard InChI is InChI=1S/C18H23NO3S/c1-12-7-9-14(10-8-12)17-19(15(11-23-17)18(21)22-2)16(20)13-5-3-4-6-13/h7-10,13,15,17H,3-6,11H2,1-2H3. The predicted octanol–water partition coefficient (Wildman–Crippen LogP) is 3.30. The maximum absolute atomic E-state index is 13.0. The molecule has 1 aliphatic carbocycles. The van der Waals surface area contributed by atoms with E-state index in [1.807, 2.05) is 6.92 Å². The quantitative estimate of drug-likeness (QED) is 0.796. The first-order chi connectivity index (χ1) is 11.1. The number of hydrogen-bond acceptors (Lipinski definition) is 4. The molecule has 2 unspecified atom stereocenters. The summed E-state index contributed by atoms with van der Waals surface area (Å²) in [5, 5.41) is -0.0900. The van der Waals surface area contributed by atoms with E-state index in [2.05, 4.69) is 24.3 Å². The van der Waals surface area contributed by atoms with Crippen LogP contribution in [0.4, 0.5) is 0 Å². The lowest BCUT2D eigenvalue weighted by Crippen LogP contribution is -2.45. The van der Waals surface area contributed by atoms with Crippen molar-refractivity contribution in [1.82, 2.24) is 4.90 Å². The van der Waals surface area contributed by atoms with Crippen LogP contribution in [0.5, 0.6) is 0 Å². The molecule has 0 spiro atoms. The molecule has 2 aliphatic rings. The summed E-state index contributed by atoms with van der Waals surface area (Å²) in [6.45, 7) is 2.05. The molecule has 0 bridgehead atoms. The molecule has 2 atom stereocenters. The van der Waals surface area contributed by atoms with Crippen LogP contribution in [0, 0.1) is 12.8 Å². The Labute approximate surface area is 141 Å². The van der Waals surface area contributed by atoms with Crippen LogP contribution in [-0.2, 0) is 14.3 Å². The average molecular weight is 333 g/mol. The van der Waals surface area contributed by atoms with E-state index in [-0.39, 0.29) is 23.2 Å². The van der Waals surface area contributed by atoms with Gasteiger partial charge in [-0.3, -0.25) is 4.79 Å². The van der Waals surface area contributed by atoms with Crippen LogP contribution < -0.4 is 0 Å². The maximum Gasteiger partial charge on any atom is 0.329 e. The van der Waals surface area contributed by atoms with Gasteiger partial charge >= 0.3 is 5.97 Å². The minimum atomic E-state index is -0.468. The highest BCUT2D eigenvalue weighted by Crippen LogP contribution is 2.43. The van der Waals surface area contributed by atoms with Crippen LogP contribution >= 0.6 is 11.8 Å². The van der Waals surface area contributed by atoms with Gasteiger partial charge < -0.3 is 9.64 Å². The summed E-state index contributed by atoms with van der Waals surface area (Å²) in [4.78, 5) is 27.0. The molecule has 1 aliphatic heterocycles. The second kappa shape index (κ2) is 6.95. The number of carbonyl (C=O) groups excluding carboxylic acids is 2.